The molecule has 3 heteroatoms. The number of unbranched alkanes of at least 4 members (excludes halogenated alkanes) is 1. The van der Waals surface area contributed by atoms with Crippen molar-refractivity contribution in [2.24, 2.45) is 0 Å². The fourth-order valence-electron chi connectivity index (χ4n) is 1.60. The SMILES string of the molecule is CCCCC(=O)C(OC(C)=O)c1ccccc1. The van der Waals surface area contributed by atoms with Gasteiger partial charge >= 0.3 is 5.97 Å². The van der Waals surface area contributed by atoms with Gasteiger partial charge in [-0.05, 0) is 12.0 Å². The molecule has 1 rings (SSSR count). The van der Waals surface area contributed by atoms with Gasteiger partial charge in [-0.1, -0.05) is 43.7 Å². The highest BCUT2D eigenvalue weighted by Gasteiger charge is 2.22. The van der Waals surface area contributed by atoms with Crippen LogP contribution >= 0.6 is 0 Å². The van der Waals surface area contributed by atoms with Crippen LogP contribution in [-0.2, 0) is 14.3 Å². The van der Waals surface area contributed by atoms with Crippen LogP contribution in [0.1, 0.15) is 44.8 Å². The molecule has 0 aliphatic rings. The Labute approximate surface area is 102 Å². The average molecular weight is 234 g/mol. The molecule has 0 aromatic heterocycles. The molecule has 0 aliphatic heterocycles. The van der Waals surface area contributed by atoms with Gasteiger partial charge in [0.15, 0.2) is 11.9 Å². The number of rotatable bonds is 6. The predicted octanol–water partition coefficient (Wildman–Crippen LogP) is 3.05. The molecule has 0 amide bonds. The Hall–Kier alpha value is -1.64. The van der Waals surface area contributed by atoms with Crippen molar-refractivity contribution in [1.29, 1.82) is 0 Å². The Kier molecular flexibility index (Phi) is 5.40. The molecule has 1 aromatic carbocycles. The maximum atomic E-state index is 12.0. The monoisotopic (exact) mass is 234 g/mol. The highest BCUT2D eigenvalue weighted by Crippen LogP contribution is 2.21. The van der Waals surface area contributed by atoms with Crippen molar-refractivity contribution in [3.8, 4) is 0 Å². The van der Waals surface area contributed by atoms with E-state index in [4.69, 9.17) is 4.74 Å². The van der Waals surface area contributed by atoms with Gasteiger partial charge in [-0.3, -0.25) is 9.59 Å². The van der Waals surface area contributed by atoms with E-state index in [0.29, 0.717) is 6.42 Å². The lowest BCUT2D eigenvalue weighted by molar-refractivity contribution is -0.153. The zero-order chi connectivity index (χ0) is 12.7. The standard InChI is InChI=1S/C14H18O3/c1-3-4-10-13(16)14(17-11(2)15)12-8-6-5-7-9-12/h5-9,14H,3-4,10H2,1-2H3. The van der Waals surface area contributed by atoms with E-state index in [-0.39, 0.29) is 5.78 Å². The molecule has 1 aromatic rings. The number of carbonyl (C=O) groups is 2. The maximum absolute atomic E-state index is 12.0. The number of carbonyl (C=O) groups excluding carboxylic acids is 2. The third-order valence-corrected chi connectivity index (χ3v) is 2.46. The molecule has 0 spiro atoms. The average Bonchev–Trinajstić information content (AvgIpc) is 2.34. The van der Waals surface area contributed by atoms with Crippen LogP contribution in [-0.4, -0.2) is 11.8 Å². The fraction of sp³-hybridized carbons (Fsp3) is 0.429. The van der Waals surface area contributed by atoms with Gasteiger partial charge in [-0.25, -0.2) is 0 Å². The predicted molar refractivity (Wildman–Crippen MR) is 65.5 cm³/mol. The first-order valence-electron chi connectivity index (χ1n) is 5.90. The van der Waals surface area contributed by atoms with Crippen molar-refractivity contribution in [1.82, 2.24) is 0 Å². The lowest BCUT2D eigenvalue weighted by atomic mass is 10.0. The van der Waals surface area contributed by atoms with Crippen molar-refractivity contribution >= 4 is 11.8 Å². The minimum atomic E-state index is -0.750. The summed E-state index contributed by atoms with van der Waals surface area (Å²) in [6.45, 7) is 3.35. The summed E-state index contributed by atoms with van der Waals surface area (Å²) >= 11 is 0. The van der Waals surface area contributed by atoms with Crippen molar-refractivity contribution in [2.45, 2.75) is 39.2 Å². The fourth-order valence-corrected chi connectivity index (χ4v) is 1.60. The second-order valence-electron chi connectivity index (χ2n) is 3.97. The van der Waals surface area contributed by atoms with Gasteiger partial charge in [0.05, 0.1) is 0 Å². The summed E-state index contributed by atoms with van der Waals surface area (Å²) in [6, 6.07) is 9.14. The minimum absolute atomic E-state index is 0.0340. The molecule has 0 radical (unpaired) electrons. The van der Waals surface area contributed by atoms with E-state index in [1.54, 1.807) is 12.1 Å². The lowest BCUT2D eigenvalue weighted by Gasteiger charge is -2.16. The quantitative estimate of drug-likeness (QED) is 0.710. The molecule has 0 fully saturated rings. The second kappa shape index (κ2) is 6.84. The Morgan fingerprint density at radius 2 is 1.88 bits per heavy atom. The molecule has 3 nitrogen and oxygen atoms in total. The molecule has 0 saturated carbocycles. The summed E-state index contributed by atoms with van der Waals surface area (Å²) in [7, 11) is 0. The first-order valence-corrected chi connectivity index (χ1v) is 5.90. The van der Waals surface area contributed by atoms with Crippen molar-refractivity contribution in [3.63, 3.8) is 0 Å². The largest absolute Gasteiger partial charge is 0.450 e. The molecular weight excluding hydrogens is 216 g/mol. The summed E-state index contributed by atoms with van der Waals surface area (Å²) < 4.78 is 5.11. The van der Waals surface area contributed by atoms with Crippen LogP contribution in [0.4, 0.5) is 0 Å². The van der Waals surface area contributed by atoms with Crippen molar-refractivity contribution in [3.05, 3.63) is 35.9 Å². The second-order valence-corrected chi connectivity index (χ2v) is 3.97. The van der Waals surface area contributed by atoms with E-state index in [2.05, 4.69) is 0 Å². The zero-order valence-electron chi connectivity index (χ0n) is 10.3. The number of hydrogen-bond donors (Lipinski definition) is 0. The van der Waals surface area contributed by atoms with Gasteiger partial charge in [0.1, 0.15) is 0 Å². The number of benzene rings is 1. The number of esters is 1. The first-order chi connectivity index (χ1) is 8.15. The van der Waals surface area contributed by atoms with Gasteiger partial charge in [0.25, 0.3) is 0 Å². The number of ketones is 1. The van der Waals surface area contributed by atoms with E-state index in [0.717, 1.165) is 18.4 Å². The van der Waals surface area contributed by atoms with E-state index >= 15 is 0 Å². The Morgan fingerprint density at radius 1 is 1.24 bits per heavy atom. The molecule has 0 heterocycles. The highest BCUT2D eigenvalue weighted by atomic mass is 16.5. The lowest BCUT2D eigenvalue weighted by Crippen LogP contribution is -2.18. The van der Waals surface area contributed by atoms with Gasteiger partial charge in [-0.15, -0.1) is 0 Å². The molecule has 0 bridgehead atoms. The Morgan fingerprint density at radius 3 is 2.41 bits per heavy atom. The summed E-state index contributed by atoms with van der Waals surface area (Å²) in [5.41, 5.74) is 0.740. The van der Waals surface area contributed by atoms with Gasteiger partial charge in [0, 0.05) is 13.3 Å². The molecular formula is C14H18O3. The van der Waals surface area contributed by atoms with Crippen molar-refractivity contribution < 1.29 is 14.3 Å². The molecule has 17 heavy (non-hydrogen) atoms. The van der Waals surface area contributed by atoms with Gasteiger partial charge in [0.2, 0.25) is 0 Å². The minimum Gasteiger partial charge on any atom is -0.450 e. The van der Waals surface area contributed by atoms with Crippen LogP contribution in [0.15, 0.2) is 30.3 Å². The van der Waals surface area contributed by atoms with E-state index in [9.17, 15) is 9.59 Å². The number of ether oxygens (including phenoxy) is 1. The smallest absolute Gasteiger partial charge is 0.303 e. The Bertz CT molecular complexity index is 370. The third-order valence-electron chi connectivity index (χ3n) is 2.46. The van der Waals surface area contributed by atoms with Crippen LogP contribution in [0.5, 0.6) is 0 Å². The van der Waals surface area contributed by atoms with Crippen LogP contribution < -0.4 is 0 Å². The topological polar surface area (TPSA) is 43.4 Å². The zero-order valence-corrected chi connectivity index (χ0v) is 10.3. The summed E-state index contributed by atoms with van der Waals surface area (Å²) in [5, 5.41) is 0. The highest BCUT2D eigenvalue weighted by molar-refractivity contribution is 5.86. The van der Waals surface area contributed by atoms with Crippen LogP contribution in [0.3, 0.4) is 0 Å². The van der Waals surface area contributed by atoms with Crippen LogP contribution in [0, 0.1) is 0 Å². The van der Waals surface area contributed by atoms with Crippen LogP contribution in [0.2, 0.25) is 0 Å². The van der Waals surface area contributed by atoms with Gasteiger partial charge < -0.3 is 4.74 Å². The van der Waals surface area contributed by atoms with Crippen LogP contribution in [0.25, 0.3) is 0 Å². The summed E-state index contributed by atoms with van der Waals surface area (Å²) in [6.07, 6.45) is 1.47. The normalized spacial score (nSPS) is 11.9. The number of hydrogen-bond acceptors (Lipinski definition) is 3. The third kappa shape index (κ3) is 4.39. The molecule has 1 unspecified atom stereocenters. The first kappa shape index (κ1) is 13.4. The van der Waals surface area contributed by atoms with Crippen molar-refractivity contribution in [2.75, 3.05) is 0 Å². The molecule has 0 aliphatic carbocycles. The van der Waals surface area contributed by atoms with E-state index in [1.165, 1.54) is 6.92 Å². The number of Topliss-reactive ketones (excluding diaryl/α,β-unsaturated/α-hetero) is 1. The van der Waals surface area contributed by atoms with E-state index in [1.807, 2.05) is 25.1 Å². The molecule has 92 valence electrons. The molecule has 1 atom stereocenters. The molecule has 0 N–H and O–H groups in total. The van der Waals surface area contributed by atoms with Gasteiger partial charge in [-0.2, -0.15) is 0 Å². The van der Waals surface area contributed by atoms with E-state index < -0.39 is 12.1 Å². The summed E-state index contributed by atoms with van der Waals surface area (Å²) in [5.74, 6) is -0.461. The maximum Gasteiger partial charge on any atom is 0.303 e. The summed E-state index contributed by atoms with van der Waals surface area (Å²) in [4.78, 5) is 23.0. The molecule has 0 saturated heterocycles. The Balaban J connectivity index is 2.80.